The molecule has 2 amide bonds. The Kier molecular flexibility index (Phi) is 4.64. The van der Waals surface area contributed by atoms with Crippen molar-refractivity contribution in [2.24, 2.45) is 0 Å². The van der Waals surface area contributed by atoms with Crippen LogP contribution < -0.4 is 15.4 Å². The van der Waals surface area contributed by atoms with Crippen LogP contribution in [0.2, 0.25) is 0 Å². The summed E-state index contributed by atoms with van der Waals surface area (Å²) in [5.74, 6) is 0.0170. The summed E-state index contributed by atoms with van der Waals surface area (Å²) in [6.07, 6.45) is 0. The zero-order valence-corrected chi connectivity index (χ0v) is 13.0. The highest BCUT2D eigenvalue weighted by Gasteiger charge is 2.14. The second-order valence-corrected chi connectivity index (χ2v) is 4.94. The second-order valence-electron chi connectivity index (χ2n) is 4.15. The van der Waals surface area contributed by atoms with E-state index in [1.165, 1.54) is 14.0 Å². The largest absolute Gasteiger partial charge is 0.495 e. The molecule has 1 aromatic carbocycles. The lowest BCUT2D eigenvalue weighted by Crippen LogP contribution is -2.12. The van der Waals surface area contributed by atoms with Crippen LogP contribution >= 0.6 is 15.9 Å². The maximum absolute atomic E-state index is 12.1. The Hall–Kier alpha value is -2.28. The molecule has 0 aliphatic rings. The number of benzene rings is 1. The fourth-order valence-electron chi connectivity index (χ4n) is 1.71. The number of anilines is 2. The van der Waals surface area contributed by atoms with Gasteiger partial charge in [0, 0.05) is 12.6 Å². The van der Waals surface area contributed by atoms with Crippen LogP contribution in [0, 0.1) is 0 Å². The van der Waals surface area contributed by atoms with Gasteiger partial charge in [-0.1, -0.05) is 0 Å². The Labute approximate surface area is 129 Å². The van der Waals surface area contributed by atoms with Crippen molar-refractivity contribution in [2.45, 2.75) is 6.92 Å². The summed E-state index contributed by atoms with van der Waals surface area (Å²) in [6.45, 7) is 1.41. The molecule has 2 rings (SSSR count). The number of halogens is 1. The number of furan rings is 1. The summed E-state index contributed by atoms with van der Waals surface area (Å²) in [7, 11) is 1.49. The van der Waals surface area contributed by atoms with Gasteiger partial charge in [-0.2, -0.15) is 0 Å². The van der Waals surface area contributed by atoms with Crippen molar-refractivity contribution >= 4 is 39.1 Å². The molecule has 110 valence electrons. The number of ether oxygens (including phenoxy) is 1. The molecule has 0 saturated heterocycles. The van der Waals surface area contributed by atoms with E-state index in [-0.39, 0.29) is 11.7 Å². The minimum absolute atomic E-state index is 0.161. The van der Waals surface area contributed by atoms with Gasteiger partial charge < -0.3 is 19.8 Å². The number of amides is 2. The third kappa shape index (κ3) is 3.85. The molecule has 2 aromatic rings. The lowest BCUT2D eigenvalue weighted by Gasteiger charge is -2.11. The van der Waals surface area contributed by atoms with Crippen molar-refractivity contribution in [3.8, 4) is 5.75 Å². The van der Waals surface area contributed by atoms with Crippen LogP contribution in [0.3, 0.4) is 0 Å². The minimum Gasteiger partial charge on any atom is -0.495 e. The Morgan fingerprint density at radius 3 is 2.52 bits per heavy atom. The molecule has 7 heteroatoms. The summed E-state index contributed by atoms with van der Waals surface area (Å²) < 4.78 is 10.8. The quantitative estimate of drug-likeness (QED) is 0.884. The van der Waals surface area contributed by atoms with E-state index in [2.05, 4.69) is 26.6 Å². The highest BCUT2D eigenvalue weighted by Crippen LogP contribution is 2.28. The van der Waals surface area contributed by atoms with Gasteiger partial charge >= 0.3 is 0 Å². The molecule has 0 aliphatic heterocycles. The fourth-order valence-corrected chi connectivity index (χ4v) is 2.01. The number of rotatable bonds is 4. The average molecular weight is 353 g/mol. The maximum atomic E-state index is 12.1. The molecule has 0 aliphatic carbocycles. The molecule has 0 unspecified atom stereocenters. The second kappa shape index (κ2) is 6.45. The monoisotopic (exact) mass is 352 g/mol. The molecule has 2 N–H and O–H groups in total. The van der Waals surface area contributed by atoms with E-state index < -0.39 is 5.91 Å². The van der Waals surface area contributed by atoms with Gasteiger partial charge in [-0.25, -0.2) is 0 Å². The Bertz CT molecular complexity index is 681. The van der Waals surface area contributed by atoms with E-state index in [0.717, 1.165) is 0 Å². The molecule has 1 aromatic heterocycles. The predicted octanol–water partition coefficient (Wildman–Crippen LogP) is 3.26. The molecule has 0 radical (unpaired) electrons. The number of carbonyl (C=O) groups excluding carboxylic acids is 2. The standard InChI is InChI=1S/C14H13BrN2O4/c1-8(18)16-9-3-4-11(20-2)10(7-9)17-14(19)12-5-6-13(15)21-12/h3-7H,1-2H3,(H,16,18)(H,17,19). The van der Waals surface area contributed by atoms with Gasteiger partial charge in [0.2, 0.25) is 5.91 Å². The molecule has 0 spiro atoms. The molecule has 6 nitrogen and oxygen atoms in total. The first-order valence-corrected chi connectivity index (χ1v) is 6.81. The zero-order chi connectivity index (χ0) is 15.4. The van der Waals surface area contributed by atoms with E-state index in [1.54, 1.807) is 30.3 Å². The number of nitrogens with one attached hydrogen (secondary N) is 2. The number of hydrogen-bond donors (Lipinski definition) is 2. The van der Waals surface area contributed by atoms with E-state index in [4.69, 9.17) is 9.15 Å². The maximum Gasteiger partial charge on any atom is 0.291 e. The normalized spacial score (nSPS) is 10.0. The number of hydrogen-bond acceptors (Lipinski definition) is 4. The number of carbonyl (C=O) groups is 2. The van der Waals surface area contributed by atoms with E-state index in [1.807, 2.05) is 0 Å². The van der Waals surface area contributed by atoms with Gasteiger partial charge in [-0.3, -0.25) is 9.59 Å². The SMILES string of the molecule is COc1ccc(NC(C)=O)cc1NC(=O)c1ccc(Br)o1. The summed E-state index contributed by atoms with van der Waals surface area (Å²) in [4.78, 5) is 23.1. The summed E-state index contributed by atoms with van der Waals surface area (Å²) in [5.41, 5.74) is 0.987. The van der Waals surface area contributed by atoms with Gasteiger partial charge in [-0.15, -0.1) is 0 Å². The van der Waals surface area contributed by atoms with Crippen LogP contribution in [0.5, 0.6) is 5.75 Å². The van der Waals surface area contributed by atoms with Gasteiger partial charge in [0.05, 0.1) is 12.8 Å². The van der Waals surface area contributed by atoms with Crippen LogP contribution in [-0.2, 0) is 4.79 Å². The van der Waals surface area contributed by atoms with Crippen LogP contribution in [0.4, 0.5) is 11.4 Å². The molecule has 0 bridgehead atoms. The Balaban J connectivity index is 2.24. The highest BCUT2D eigenvalue weighted by atomic mass is 79.9. The van der Waals surface area contributed by atoms with Crippen LogP contribution in [0.25, 0.3) is 0 Å². The smallest absolute Gasteiger partial charge is 0.291 e. The van der Waals surface area contributed by atoms with Gasteiger partial charge in [0.1, 0.15) is 5.75 Å². The van der Waals surface area contributed by atoms with E-state index in [0.29, 0.717) is 21.8 Å². The first-order chi connectivity index (χ1) is 9.99. The molecule has 21 heavy (non-hydrogen) atoms. The van der Waals surface area contributed by atoms with Crippen LogP contribution in [-0.4, -0.2) is 18.9 Å². The van der Waals surface area contributed by atoms with Gasteiger partial charge in [-0.05, 0) is 46.3 Å². The average Bonchev–Trinajstić information content (AvgIpc) is 2.85. The lowest BCUT2D eigenvalue weighted by molar-refractivity contribution is -0.114. The molecule has 0 fully saturated rings. The van der Waals surface area contributed by atoms with Crippen LogP contribution in [0.1, 0.15) is 17.5 Å². The molecular weight excluding hydrogens is 340 g/mol. The molecule has 0 saturated carbocycles. The predicted molar refractivity (Wildman–Crippen MR) is 81.7 cm³/mol. The summed E-state index contributed by atoms with van der Waals surface area (Å²) in [5, 5.41) is 5.31. The zero-order valence-electron chi connectivity index (χ0n) is 11.4. The minimum atomic E-state index is -0.418. The fraction of sp³-hybridized carbons (Fsp3) is 0.143. The summed E-state index contributed by atoms with van der Waals surface area (Å²) >= 11 is 3.13. The summed E-state index contributed by atoms with van der Waals surface area (Å²) in [6, 6.07) is 8.11. The van der Waals surface area contributed by atoms with Crippen molar-refractivity contribution < 1.29 is 18.7 Å². The Morgan fingerprint density at radius 2 is 1.95 bits per heavy atom. The first-order valence-electron chi connectivity index (χ1n) is 6.02. The van der Waals surface area contributed by atoms with Crippen molar-refractivity contribution in [3.05, 3.63) is 40.8 Å². The lowest BCUT2D eigenvalue weighted by atomic mass is 10.2. The van der Waals surface area contributed by atoms with Crippen LogP contribution in [0.15, 0.2) is 39.4 Å². The highest BCUT2D eigenvalue weighted by molar-refractivity contribution is 9.10. The van der Waals surface area contributed by atoms with Crippen molar-refractivity contribution in [2.75, 3.05) is 17.7 Å². The number of methoxy groups -OCH3 is 1. The molecular formula is C14H13BrN2O4. The topological polar surface area (TPSA) is 80.6 Å². The third-order valence-electron chi connectivity index (χ3n) is 2.57. The van der Waals surface area contributed by atoms with Crippen molar-refractivity contribution in [1.82, 2.24) is 0 Å². The molecule has 0 atom stereocenters. The van der Waals surface area contributed by atoms with E-state index >= 15 is 0 Å². The van der Waals surface area contributed by atoms with E-state index in [9.17, 15) is 9.59 Å². The van der Waals surface area contributed by atoms with Crippen molar-refractivity contribution in [1.29, 1.82) is 0 Å². The first kappa shape index (κ1) is 15.1. The van der Waals surface area contributed by atoms with Crippen molar-refractivity contribution in [3.63, 3.8) is 0 Å². The van der Waals surface area contributed by atoms with Gasteiger partial charge in [0.25, 0.3) is 5.91 Å². The van der Waals surface area contributed by atoms with Gasteiger partial charge in [0.15, 0.2) is 10.4 Å². The molecule has 1 heterocycles. The Morgan fingerprint density at radius 1 is 1.19 bits per heavy atom. The third-order valence-corrected chi connectivity index (χ3v) is 2.99.